The highest BCUT2D eigenvalue weighted by atomic mass is 16.7. The van der Waals surface area contributed by atoms with Crippen molar-refractivity contribution in [2.45, 2.75) is 0 Å². The molecule has 3 aromatic carbocycles. The van der Waals surface area contributed by atoms with Crippen LogP contribution in [0.1, 0.15) is 15.9 Å². The first-order chi connectivity index (χ1) is 11.8. The van der Waals surface area contributed by atoms with Gasteiger partial charge in [0.15, 0.2) is 17.3 Å². The minimum absolute atomic E-state index is 0.0977. The lowest BCUT2D eigenvalue weighted by molar-refractivity contribution is 0.101. The maximum atomic E-state index is 12.8. The molecule has 2 heterocycles. The van der Waals surface area contributed by atoms with Gasteiger partial charge >= 0.3 is 0 Å². The van der Waals surface area contributed by atoms with Crippen molar-refractivity contribution >= 4 is 22.6 Å². The third kappa shape index (κ3) is 1.90. The van der Waals surface area contributed by atoms with Gasteiger partial charge in [-0.3, -0.25) is 4.79 Å². The molecule has 0 saturated heterocycles. The van der Waals surface area contributed by atoms with Crippen molar-refractivity contribution in [3.8, 4) is 17.2 Å². The van der Waals surface area contributed by atoms with Crippen molar-refractivity contribution in [1.82, 2.24) is 0 Å². The highest BCUT2D eigenvalue weighted by molar-refractivity contribution is 6.21. The zero-order valence-corrected chi connectivity index (χ0v) is 12.6. The van der Waals surface area contributed by atoms with Crippen LogP contribution in [0.5, 0.6) is 17.2 Å². The first kappa shape index (κ1) is 13.2. The van der Waals surface area contributed by atoms with Crippen LogP contribution in [0.2, 0.25) is 0 Å². The molecule has 4 nitrogen and oxygen atoms in total. The van der Waals surface area contributed by atoms with E-state index in [4.69, 9.17) is 14.2 Å². The Morgan fingerprint density at radius 1 is 0.875 bits per heavy atom. The molecule has 116 valence electrons. The Morgan fingerprint density at radius 2 is 1.71 bits per heavy atom. The number of allylic oxidation sites excluding steroid dienone is 1. The molecule has 2 aliphatic rings. The smallest absolute Gasteiger partial charge is 0.232 e. The lowest BCUT2D eigenvalue weighted by atomic mass is 10.0. The molecule has 0 aliphatic carbocycles. The van der Waals surface area contributed by atoms with E-state index in [1.54, 1.807) is 6.08 Å². The molecule has 4 heteroatoms. The lowest BCUT2D eigenvalue weighted by Gasteiger charge is -2.01. The van der Waals surface area contributed by atoms with Gasteiger partial charge in [0.1, 0.15) is 5.75 Å². The van der Waals surface area contributed by atoms with Gasteiger partial charge in [0.05, 0.1) is 5.56 Å². The number of fused-ring (bicyclic) bond motifs is 4. The number of benzene rings is 3. The van der Waals surface area contributed by atoms with E-state index in [9.17, 15) is 4.79 Å². The fraction of sp³-hybridized carbons (Fsp3) is 0.0500. The lowest BCUT2D eigenvalue weighted by Crippen LogP contribution is -1.98. The Morgan fingerprint density at radius 3 is 2.67 bits per heavy atom. The van der Waals surface area contributed by atoms with Crippen molar-refractivity contribution in [3.63, 3.8) is 0 Å². The molecule has 0 fully saturated rings. The average Bonchev–Trinajstić information content (AvgIpc) is 3.19. The number of Topliss-reactive ketones (excluding diaryl/α,β-unsaturated/α-hetero) is 1. The highest BCUT2D eigenvalue weighted by Crippen LogP contribution is 2.38. The van der Waals surface area contributed by atoms with E-state index in [-0.39, 0.29) is 12.6 Å². The Kier molecular flexibility index (Phi) is 2.67. The Hall–Kier alpha value is -3.27. The summed E-state index contributed by atoms with van der Waals surface area (Å²) in [6, 6.07) is 17.2. The highest BCUT2D eigenvalue weighted by Gasteiger charge is 2.29. The number of hydrogen-bond acceptors (Lipinski definition) is 4. The Bertz CT molecular complexity index is 1030. The Labute approximate surface area is 137 Å². The van der Waals surface area contributed by atoms with Crippen LogP contribution in [0.15, 0.2) is 60.4 Å². The molecule has 5 rings (SSSR count). The third-order valence-corrected chi connectivity index (χ3v) is 4.26. The summed E-state index contributed by atoms with van der Waals surface area (Å²) < 4.78 is 16.5. The molecule has 24 heavy (non-hydrogen) atoms. The molecule has 0 N–H and O–H groups in total. The van der Waals surface area contributed by atoms with Crippen LogP contribution in [0.3, 0.4) is 0 Å². The first-order valence-corrected chi connectivity index (χ1v) is 7.65. The summed E-state index contributed by atoms with van der Waals surface area (Å²) in [5, 5.41) is 1.94. The van der Waals surface area contributed by atoms with Gasteiger partial charge in [-0.05, 0) is 40.6 Å². The SMILES string of the molecule is O=C1/C(=C/c2ccc3c(c2)OCO3)Oc2ccc3ccccc3c21. The number of hydrogen-bond donors (Lipinski definition) is 0. The van der Waals surface area contributed by atoms with Crippen LogP contribution in [0, 0.1) is 0 Å². The van der Waals surface area contributed by atoms with Crippen molar-refractivity contribution in [2.24, 2.45) is 0 Å². The topological polar surface area (TPSA) is 44.8 Å². The molecule has 0 spiro atoms. The molecule has 0 aromatic heterocycles. The van der Waals surface area contributed by atoms with Gasteiger partial charge in [-0.2, -0.15) is 0 Å². The second-order valence-electron chi connectivity index (χ2n) is 5.71. The largest absolute Gasteiger partial charge is 0.454 e. The Balaban J connectivity index is 1.59. The molecule has 2 aliphatic heterocycles. The van der Waals surface area contributed by atoms with Crippen molar-refractivity contribution < 1.29 is 19.0 Å². The summed E-state index contributed by atoms with van der Waals surface area (Å²) in [5.41, 5.74) is 1.46. The maximum absolute atomic E-state index is 12.8. The second-order valence-corrected chi connectivity index (χ2v) is 5.71. The molecule has 0 bridgehead atoms. The van der Waals surface area contributed by atoms with Gasteiger partial charge in [0.25, 0.3) is 0 Å². The monoisotopic (exact) mass is 316 g/mol. The van der Waals surface area contributed by atoms with Crippen LogP contribution in [0.4, 0.5) is 0 Å². The van der Waals surface area contributed by atoms with Crippen LogP contribution in [0.25, 0.3) is 16.8 Å². The van der Waals surface area contributed by atoms with E-state index in [0.29, 0.717) is 28.6 Å². The summed E-state index contributed by atoms with van der Waals surface area (Å²) in [6.07, 6.45) is 1.74. The molecular formula is C20H12O4. The van der Waals surface area contributed by atoms with Crippen LogP contribution in [-0.4, -0.2) is 12.6 Å². The summed E-state index contributed by atoms with van der Waals surface area (Å²) in [7, 11) is 0. The maximum Gasteiger partial charge on any atom is 0.232 e. The molecular weight excluding hydrogens is 304 g/mol. The van der Waals surface area contributed by atoms with Crippen LogP contribution < -0.4 is 14.2 Å². The molecule has 3 aromatic rings. The summed E-state index contributed by atoms with van der Waals surface area (Å²) >= 11 is 0. The average molecular weight is 316 g/mol. The number of ketones is 1. The van der Waals surface area contributed by atoms with E-state index in [2.05, 4.69) is 0 Å². The standard InChI is InChI=1S/C20H12O4/c21-20-18(10-12-5-7-15-17(9-12)23-11-22-15)24-16-8-6-13-3-1-2-4-14(13)19(16)20/h1-10H,11H2/b18-10-. The molecule has 0 amide bonds. The zero-order valence-electron chi connectivity index (χ0n) is 12.6. The van der Waals surface area contributed by atoms with Gasteiger partial charge in [-0.1, -0.05) is 36.4 Å². The first-order valence-electron chi connectivity index (χ1n) is 7.65. The fourth-order valence-corrected chi connectivity index (χ4v) is 3.11. The predicted molar refractivity (Wildman–Crippen MR) is 89.4 cm³/mol. The minimum atomic E-state index is -0.0977. The summed E-state index contributed by atoms with van der Waals surface area (Å²) in [6.45, 7) is 0.224. The van der Waals surface area contributed by atoms with E-state index in [1.807, 2.05) is 54.6 Å². The van der Waals surface area contributed by atoms with Crippen LogP contribution >= 0.6 is 0 Å². The predicted octanol–water partition coefficient (Wildman–Crippen LogP) is 4.18. The van der Waals surface area contributed by atoms with E-state index >= 15 is 0 Å². The van der Waals surface area contributed by atoms with Crippen LogP contribution in [-0.2, 0) is 0 Å². The van der Waals surface area contributed by atoms with Gasteiger partial charge in [0.2, 0.25) is 12.6 Å². The summed E-state index contributed by atoms with van der Waals surface area (Å²) in [4.78, 5) is 12.8. The fourth-order valence-electron chi connectivity index (χ4n) is 3.11. The van der Waals surface area contributed by atoms with Crippen molar-refractivity contribution in [1.29, 1.82) is 0 Å². The molecule has 0 unspecified atom stereocenters. The van der Waals surface area contributed by atoms with Gasteiger partial charge in [-0.25, -0.2) is 0 Å². The zero-order chi connectivity index (χ0) is 16.1. The summed E-state index contributed by atoms with van der Waals surface area (Å²) in [5.74, 6) is 2.22. The second kappa shape index (κ2) is 4.86. The normalized spacial score (nSPS) is 16.5. The quantitative estimate of drug-likeness (QED) is 0.632. The molecule has 0 atom stereocenters. The molecule has 0 radical (unpaired) electrons. The van der Waals surface area contributed by atoms with Gasteiger partial charge in [0, 0.05) is 0 Å². The van der Waals surface area contributed by atoms with Gasteiger partial charge in [-0.15, -0.1) is 0 Å². The number of ether oxygens (including phenoxy) is 3. The number of rotatable bonds is 1. The van der Waals surface area contributed by atoms with Crippen molar-refractivity contribution in [3.05, 3.63) is 71.5 Å². The van der Waals surface area contributed by atoms with E-state index in [1.165, 1.54) is 0 Å². The third-order valence-electron chi connectivity index (χ3n) is 4.26. The molecule has 0 saturated carbocycles. The minimum Gasteiger partial charge on any atom is -0.454 e. The van der Waals surface area contributed by atoms with E-state index < -0.39 is 0 Å². The van der Waals surface area contributed by atoms with Crippen molar-refractivity contribution in [2.75, 3.05) is 6.79 Å². The number of carbonyl (C=O) groups is 1. The number of carbonyl (C=O) groups excluding carboxylic acids is 1. The van der Waals surface area contributed by atoms with E-state index in [0.717, 1.165) is 16.3 Å². The van der Waals surface area contributed by atoms with Gasteiger partial charge < -0.3 is 14.2 Å².